The molecule has 0 radical (unpaired) electrons. The summed E-state index contributed by atoms with van der Waals surface area (Å²) in [5.41, 5.74) is 1.60. The third kappa shape index (κ3) is 11.7. The van der Waals surface area contributed by atoms with E-state index in [1.54, 1.807) is 49.2 Å². The lowest BCUT2D eigenvalue weighted by atomic mass is 10.1. The molecule has 2 aromatic rings. The minimum absolute atomic E-state index is 0.164. The highest BCUT2D eigenvalue weighted by molar-refractivity contribution is 8.77. The van der Waals surface area contributed by atoms with Gasteiger partial charge >= 0.3 is 6.09 Å². The highest BCUT2D eigenvalue weighted by Gasteiger charge is 2.27. The average molecular weight is 716 g/mol. The zero-order valence-electron chi connectivity index (χ0n) is 29.0. The molecule has 0 unspecified atom stereocenters. The molecule has 1 heterocycles. The van der Waals surface area contributed by atoms with Gasteiger partial charge in [0, 0.05) is 42.2 Å². The number of benzene rings is 2. The van der Waals surface area contributed by atoms with Gasteiger partial charge in [0.1, 0.15) is 6.67 Å². The van der Waals surface area contributed by atoms with E-state index in [-0.39, 0.29) is 19.0 Å². The first kappa shape index (κ1) is 39.1. The maximum atomic E-state index is 13.4. The minimum atomic E-state index is -0.484. The number of carbonyl (C=O) groups is 4. The van der Waals surface area contributed by atoms with E-state index in [1.807, 2.05) is 44.2 Å². The van der Waals surface area contributed by atoms with Crippen LogP contribution in [0.3, 0.4) is 0 Å². The van der Waals surface area contributed by atoms with Crippen molar-refractivity contribution < 1.29 is 42.9 Å². The van der Waals surface area contributed by atoms with Crippen LogP contribution in [0, 0.1) is 0 Å². The van der Waals surface area contributed by atoms with Gasteiger partial charge in [-0.1, -0.05) is 53.2 Å². The van der Waals surface area contributed by atoms with Crippen LogP contribution in [0.25, 0.3) is 12.2 Å². The first-order chi connectivity index (χ1) is 23.4. The van der Waals surface area contributed by atoms with Crippen LogP contribution in [0.2, 0.25) is 0 Å². The van der Waals surface area contributed by atoms with Gasteiger partial charge in [-0.15, -0.1) is 0 Å². The Morgan fingerprint density at radius 1 is 0.857 bits per heavy atom. The summed E-state index contributed by atoms with van der Waals surface area (Å²) in [5.74, 6) is 1.73. The lowest BCUT2D eigenvalue weighted by molar-refractivity contribution is -0.137. The highest BCUT2D eigenvalue weighted by Crippen LogP contribution is 2.39. The monoisotopic (exact) mass is 715 g/mol. The SMILES string of the molecule is CCCCN(CCSSC(C)(C)CC(=O)NCN1C(=O)C=CC1=O)C(=O)Oc1cc(/C=C/c2cc(OC)c(OC)c(OC)c2)ccc1OC. The van der Waals surface area contributed by atoms with Crippen molar-refractivity contribution in [2.24, 2.45) is 0 Å². The quantitative estimate of drug-likeness (QED) is 0.0790. The summed E-state index contributed by atoms with van der Waals surface area (Å²) in [5, 5.41) is 2.64. The summed E-state index contributed by atoms with van der Waals surface area (Å²) in [7, 11) is 9.28. The molecule has 1 aliphatic heterocycles. The Kier molecular flexibility index (Phi) is 15.2. The molecule has 0 bridgehead atoms. The van der Waals surface area contributed by atoms with Crippen LogP contribution in [-0.4, -0.2) is 92.3 Å². The van der Waals surface area contributed by atoms with E-state index in [2.05, 4.69) is 12.2 Å². The molecule has 1 aliphatic rings. The maximum Gasteiger partial charge on any atom is 0.415 e. The van der Waals surface area contributed by atoms with Gasteiger partial charge in [0.2, 0.25) is 11.7 Å². The molecule has 14 heteroatoms. The van der Waals surface area contributed by atoms with Gasteiger partial charge in [-0.3, -0.25) is 19.3 Å². The van der Waals surface area contributed by atoms with E-state index >= 15 is 0 Å². The third-order valence-corrected chi connectivity index (χ3v) is 10.5. The van der Waals surface area contributed by atoms with Gasteiger partial charge in [-0.2, -0.15) is 0 Å². The molecule has 2 aromatic carbocycles. The Labute approximate surface area is 295 Å². The number of ether oxygens (including phenoxy) is 5. The molecule has 1 N–H and O–H groups in total. The summed E-state index contributed by atoms with van der Waals surface area (Å²) in [6.45, 7) is 6.74. The van der Waals surface area contributed by atoms with Crippen molar-refractivity contribution in [3.05, 3.63) is 53.6 Å². The lowest BCUT2D eigenvalue weighted by Gasteiger charge is -2.25. The van der Waals surface area contributed by atoms with Crippen molar-refractivity contribution in [1.82, 2.24) is 15.1 Å². The second kappa shape index (κ2) is 19.0. The summed E-state index contributed by atoms with van der Waals surface area (Å²) in [6.07, 6.45) is 7.53. The van der Waals surface area contributed by atoms with Crippen molar-refractivity contribution in [1.29, 1.82) is 0 Å². The largest absolute Gasteiger partial charge is 0.493 e. The molecule has 49 heavy (non-hydrogen) atoms. The van der Waals surface area contributed by atoms with E-state index in [0.717, 1.165) is 28.9 Å². The molecular weight excluding hydrogens is 671 g/mol. The average Bonchev–Trinajstić information content (AvgIpc) is 3.41. The zero-order chi connectivity index (χ0) is 36.0. The number of nitrogens with one attached hydrogen (secondary N) is 1. The molecule has 12 nitrogen and oxygen atoms in total. The summed E-state index contributed by atoms with van der Waals surface area (Å²) in [4.78, 5) is 52.0. The van der Waals surface area contributed by atoms with Crippen molar-refractivity contribution in [2.45, 2.75) is 44.8 Å². The fourth-order valence-corrected chi connectivity index (χ4v) is 7.14. The number of nitrogens with zero attached hydrogens (tertiary/aromatic N) is 2. The van der Waals surface area contributed by atoms with Crippen LogP contribution in [0.15, 0.2) is 42.5 Å². The molecule has 4 amide bonds. The van der Waals surface area contributed by atoms with Crippen LogP contribution in [0.4, 0.5) is 4.79 Å². The molecule has 0 saturated heterocycles. The van der Waals surface area contributed by atoms with Crippen LogP contribution in [-0.2, 0) is 14.4 Å². The van der Waals surface area contributed by atoms with E-state index < -0.39 is 22.7 Å². The molecule has 0 aromatic heterocycles. The van der Waals surface area contributed by atoms with Gasteiger partial charge in [0.05, 0.1) is 28.4 Å². The molecular formula is C35H45N3O9S2. The summed E-state index contributed by atoms with van der Waals surface area (Å²) < 4.78 is 27.2. The zero-order valence-corrected chi connectivity index (χ0v) is 30.7. The van der Waals surface area contributed by atoms with E-state index in [0.29, 0.717) is 47.6 Å². The van der Waals surface area contributed by atoms with Gasteiger partial charge in [-0.05, 0) is 55.7 Å². The third-order valence-electron chi connectivity index (χ3n) is 7.23. The molecule has 0 fully saturated rings. The summed E-state index contributed by atoms with van der Waals surface area (Å²) in [6, 6.07) is 9.02. The molecule has 266 valence electrons. The van der Waals surface area contributed by atoms with Crippen LogP contribution in [0.1, 0.15) is 51.2 Å². The first-order valence-corrected chi connectivity index (χ1v) is 18.0. The van der Waals surface area contributed by atoms with Crippen molar-refractivity contribution >= 4 is 57.6 Å². The highest BCUT2D eigenvalue weighted by atomic mass is 33.1. The topological polar surface area (TPSA) is 133 Å². The Balaban J connectivity index is 1.60. The minimum Gasteiger partial charge on any atom is -0.493 e. The lowest BCUT2D eigenvalue weighted by Crippen LogP contribution is -2.42. The van der Waals surface area contributed by atoms with Gasteiger partial charge in [0.15, 0.2) is 23.0 Å². The number of amides is 4. The molecule has 0 spiro atoms. The first-order valence-electron chi connectivity index (χ1n) is 15.7. The smallest absolute Gasteiger partial charge is 0.415 e. The van der Waals surface area contributed by atoms with Crippen LogP contribution in [0.5, 0.6) is 28.7 Å². The van der Waals surface area contributed by atoms with Gasteiger partial charge < -0.3 is 33.9 Å². The standard InChI is InChI=1S/C35H45N3O9S2/c1-8-9-16-37(17-18-48-49-35(2,3)22-30(39)36-23-38-31(40)14-15-32(38)41)34(42)47-27-19-24(12-13-26(27)43-4)10-11-25-20-28(44-5)33(46-7)29(21-25)45-6/h10-15,19-21H,8-9,16-18,22-23H2,1-7H3,(H,36,39)/b11-10+. The Morgan fingerprint density at radius 2 is 1.47 bits per heavy atom. The van der Waals surface area contributed by atoms with Crippen molar-refractivity contribution in [2.75, 3.05) is 54.0 Å². The van der Waals surface area contributed by atoms with E-state index in [4.69, 9.17) is 23.7 Å². The predicted octanol–water partition coefficient (Wildman–Crippen LogP) is 6.04. The second-order valence-corrected chi connectivity index (χ2v) is 14.6. The van der Waals surface area contributed by atoms with Crippen LogP contribution < -0.4 is 29.0 Å². The number of hydrogen-bond donors (Lipinski definition) is 1. The number of methoxy groups -OCH3 is 4. The maximum absolute atomic E-state index is 13.4. The summed E-state index contributed by atoms with van der Waals surface area (Å²) >= 11 is 0. The molecule has 3 rings (SSSR count). The number of hydrogen-bond acceptors (Lipinski definition) is 11. The van der Waals surface area contributed by atoms with E-state index in [1.165, 1.54) is 30.1 Å². The number of rotatable bonds is 19. The number of imide groups is 1. The predicted molar refractivity (Wildman–Crippen MR) is 193 cm³/mol. The Hall–Kier alpha value is -4.30. The molecule has 0 aliphatic carbocycles. The van der Waals surface area contributed by atoms with Gasteiger partial charge in [0.25, 0.3) is 11.8 Å². The number of unbranched alkanes of at least 4 members (excludes halogenated alkanes) is 1. The van der Waals surface area contributed by atoms with E-state index in [9.17, 15) is 19.2 Å². The van der Waals surface area contributed by atoms with Gasteiger partial charge in [-0.25, -0.2) is 4.79 Å². The molecule has 0 saturated carbocycles. The van der Waals surface area contributed by atoms with Crippen LogP contribution >= 0.6 is 21.6 Å². The Bertz CT molecular complexity index is 1500. The van der Waals surface area contributed by atoms with Crippen molar-refractivity contribution in [3.63, 3.8) is 0 Å². The molecule has 0 atom stereocenters. The Morgan fingerprint density at radius 3 is 2.06 bits per heavy atom. The second-order valence-electron chi connectivity index (χ2n) is 11.4. The van der Waals surface area contributed by atoms with Crippen molar-refractivity contribution in [3.8, 4) is 28.7 Å². The fraction of sp³-hybridized carbons (Fsp3) is 0.429. The fourth-order valence-electron chi connectivity index (χ4n) is 4.65. The normalized spacial score (nSPS) is 12.8. The number of carbonyl (C=O) groups excluding carboxylic acids is 4.